The molecule has 2 unspecified atom stereocenters. The zero-order chi connectivity index (χ0) is 15.2. The maximum absolute atomic E-state index is 13.3. The molecule has 1 aliphatic rings. The Labute approximate surface area is 138 Å². The van der Waals surface area contributed by atoms with E-state index in [9.17, 15) is 9.18 Å². The van der Waals surface area contributed by atoms with Crippen LogP contribution in [-0.4, -0.2) is 36.5 Å². The van der Waals surface area contributed by atoms with Crippen LogP contribution >= 0.6 is 12.4 Å². The van der Waals surface area contributed by atoms with Crippen LogP contribution in [0.25, 0.3) is 0 Å². The molecule has 2 atom stereocenters. The molecule has 2 rings (SSSR count). The van der Waals surface area contributed by atoms with Gasteiger partial charge in [-0.05, 0) is 43.0 Å². The van der Waals surface area contributed by atoms with Gasteiger partial charge in [0.1, 0.15) is 5.82 Å². The van der Waals surface area contributed by atoms with Crippen LogP contribution in [0.3, 0.4) is 0 Å². The maximum atomic E-state index is 13.3. The average Bonchev–Trinajstić information content (AvgIpc) is 2.98. The van der Waals surface area contributed by atoms with Gasteiger partial charge in [-0.15, -0.1) is 12.4 Å². The normalized spacial score (nSPS) is 18.6. The van der Waals surface area contributed by atoms with Crippen molar-refractivity contribution in [3.05, 3.63) is 35.6 Å². The number of nitrogens with one attached hydrogen (secondary N) is 1. The van der Waals surface area contributed by atoms with Crippen LogP contribution in [0.2, 0.25) is 0 Å². The lowest BCUT2D eigenvalue weighted by molar-refractivity contribution is -0.133. The van der Waals surface area contributed by atoms with Crippen molar-refractivity contribution in [2.45, 2.75) is 45.1 Å². The summed E-state index contributed by atoms with van der Waals surface area (Å²) in [7, 11) is 0. The molecule has 1 aromatic rings. The first-order valence-electron chi connectivity index (χ1n) is 7.87. The van der Waals surface area contributed by atoms with E-state index in [1.807, 2.05) is 17.9 Å². The number of carbonyl (C=O) groups excluding carboxylic acids is 1. The minimum absolute atomic E-state index is 0. The summed E-state index contributed by atoms with van der Waals surface area (Å²) in [5, 5.41) is 3.32. The van der Waals surface area contributed by atoms with Gasteiger partial charge in [-0.25, -0.2) is 4.39 Å². The van der Waals surface area contributed by atoms with Gasteiger partial charge in [0.15, 0.2) is 0 Å². The molecule has 1 saturated heterocycles. The van der Waals surface area contributed by atoms with Gasteiger partial charge in [-0.1, -0.05) is 26.0 Å². The van der Waals surface area contributed by atoms with Gasteiger partial charge in [-0.2, -0.15) is 0 Å². The van der Waals surface area contributed by atoms with Crippen molar-refractivity contribution in [3.8, 4) is 0 Å². The van der Waals surface area contributed by atoms with E-state index in [2.05, 4.69) is 12.2 Å². The molecule has 22 heavy (non-hydrogen) atoms. The summed E-state index contributed by atoms with van der Waals surface area (Å²) in [5.41, 5.74) is 0.893. The minimum Gasteiger partial charge on any atom is -0.338 e. The van der Waals surface area contributed by atoms with Gasteiger partial charge in [0, 0.05) is 25.6 Å². The summed E-state index contributed by atoms with van der Waals surface area (Å²) in [5.74, 6) is -0.0126. The lowest BCUT2D eigenvalue weighted by Gasteiger charge is -2.29. The van der Waals surface area contributed by atoms with Gasteiger partial charge < -0.3 is 10.2 Å². The van der Waals surface area contributed by atoms with Crippen LogP contribution in [0.15, 0.2) is 24.3 Å². The highest BCUT2D eigenvalue weighted by atomic mass is 35.5. The Balaban J connectivity index is 0.00000242. The lowest BCUT2D eigenvalue weighted by atomic mass is 9.96. The molecule has 1 N–H and O–H groups in total. The number of carbonyl (C=O) groups is 1. The predicted molar refractivity (Wildman–Crippen MR) is 90.0 cm³/mol. The van der Waals surface area contributed by atoms with Crippen LogP contribution in [0.5, 0.6) is 0 Å². The summed E-state index contributed by atoms with van der Waals surface area (Å²) in [6, 6.07) is 6.88. The Bertz CT molecular complexity index is 477. The van der Waals surface area contributed by atoms with Crippen molar-refractivity contribution >= 4 is 18.3 Å². The Kier molecular flexibility index (Phi) is 7.83. The number of hydrogen-bond donors (Lipinski definition) is 1. The Hall–Kier alpha value is -1.13. The molecule has 0 aliphatic carbocycles. The molecule has 1 heterocycles. The van der Waals surface area contributed by atoms with Crippen LogP contribution in [0.4, 0.5) is 4.39 Å². The summed E-state index contributed by atoms with van der Waals surface area (Å²) >= 11 is 0. The summed E-state index contributed by atoms with van der Waals surface area (Å²) in [4.78, 5) is 14.6. The van der Waals surface area contributed by atoms with E-state index in [4.69, 9.17) is 0 Å². The fourth-order valence-electron chi connectivity index (χ4n) is 2.97. The fourth-order valence-corrected chi connectivity index (χ4v) is 2.97. The van der Waals surface area contributed by atoms with E-state index in [1.54, 1.807) is 6.07 Å². The highest BCUT2D eigenvalue weighted by molar-refractivity contribution is 5.85. The Morgan fingerprint density at radius 2 is 2.27 bits per heavy atom. The van der Waals surface area contributed by atoms with Crippen molar-refractivity contribution in [1.82, 2.24) is 10.2 Å². The number of nitrogens with zero attached hydrogens (tertiary/aromatic N) is 1. The molecule has 0 bridgehead atoms. The monoisotopic (exact) mass is 328 g/mol. The Morgan fingerprint density at radius 1 is 1.50 bits per heavy atom. The maximum Gasteiger partial charge on any atom is 0.223 e. The summed E-state index contributed by atoms with van der Waals surface area (Å²) in [6.45, 7) is 6.76. The van der Waals surface area contributed by atoms with Crippen LogP contribution < -0.4 is 5.32 Å². The number of halogens is 2. The fraction of sp³-hybridized carbons (Fsp3) is 0.588. The third-order valence-electron chi connectivity index (χ3n) is 4.16. The zero-order valence-electron chi connectivity index (χ0n) is 13.3. The van der Waals surface area contributed by atoms with E-state index < -0.39 is 0 Å². The second-order valence-electron chi connectivity index (χ2n) is 5.89. The number of amides is 1. The van der Waals surface area contributed by atoms with Crippen molar-refractivity contribution < 1.29 is 9.18 Å². The summed E-state index contributed by atoms with van der Waals surface area (Å²) in [6.07, 6.45) is 2.44. The van der Waals surface area contributed by atoms with E-state index in [1.165, 1.54) is 12.1 Å². The van der Waals surface area contributed by atoms with Gasteiger partial charge in [0.05, 0.1) is 0 Å². The second kappa shape index (κ2) is 9.11. The van der Waals surface area contributed by atoms with Crippen molar-refractivity contribution in [1.29, 1.82) is 0 Å². The SMILES string of the molecule is CCCN(C(=O)CC(C)c1cccc(F)c1)C1CCNC1.Cl. The number of rotatable bonds is 6. The average molecular weight is 329 g/mol. The minimum atomic E-state index is -0.239. The van der Waals surface area contributed by atoms with Crippen LogP contribution in [0.1, 0.15) is 44.6 Å². The molecule has 0 saturated carbocycles. The third-order valence-corrected chi connectivity index (χ3v) is 4.16. The molecule has 0 aromatic heterocycles. The molecule has 1 amide bonds. The van der Waals surface area contributed by atoms with Gasteiger partial charge in [0.25, 0.3) is 0 Å². The van der Waals surface area contributed by atoms with E-state index in [-0.39, 0.29) is 30.0 Å². The molecule has 3 nitrogen and oxygen atoms in total. The van der Waals surface area contributed by atoms with Crippen molar-refractivity contribution in [2.24, 2.45) is 0 Å². The molecule has 1 aromatic carbocycles. The van der Waals surface area contributed by atoms with Gasteiger partial charge in [-0.3, -0.25) is 4.79 Å². The van der Waals surface area contributed by atoms with Gasteiger partial charge >= 0.3 is 0 Å². The summed E-state index contributed by atoms with van der Waals surface area (Å²) < 4.78 is 13.3. The molecule has 1 aliphatic heterocycles. The molecule has 0 radical (unpaired) electrons. The predicted octanol–water partition coefficient (Wildman–Crippen LogP) is 3.34. The largest absolute Gasteiger partial charge is 0.338 e. The quantitative estimate of drug-likeness (QED) is 0.868. The van der Waals surface area contributed by atoms with E-state index >= 15 is 0 Å². The van der Waals surface area contributed by atoms with E-state index in [0.29, 0.717) is 12.5 Å². The molecular weight excluding hydrogens is 303 g/mol. The number of benzene rings is 1. The van der Waals surface area contributed by atoms with Gasteiger partial charge in [0.2, 0.25) is 5.91 Å². The number of hydrogen-bond acceptors (Lipinski definition) is 2. The smallest absolute Gasteiger partial charge is 0.223 e. The third kappa shape index (κ3) is 4.96. The molecule has 0 spiro atoms. The molecule has 124 valence electrons. The highest BCUT2D eigenvalue weighted by Crippen LogP contribution is 2.22. The molecule has 1 fully saturated rings. The highest BCUT2D eigenvalue weighted by Gasteiger charge is 2.26. The molecule has 5 heteroatoms. The first-order valence-corrected chi connectivity index (χ1v) is 7.87. The standard InChI is InChI=1S/C17H25FN2O.ClH/c1-3-9-20(16-7-8-19-12-16)17(21)10-13(2)14-5-4-6-15(18)11-14;/h4-6,11,13,16,19H,3,7-10,12H2,1-2H3;1H. The first-order chi connectivity index (χ1) is 10.1. The second-order valence-corrected chi connectivity index (χ2v) is 5.89. The lowest BCUT2D eigenvalue weighted by Crippen LogP contribution is -2.42. The Morgan fingerprint density at radius 3 is 2.86 bits per heavy atom. The first kappa shape index (κ1) is 18.9. The van der Waals surface area contributed by atoms with Crippen LogP contribution in [0, 0.1) is 5.82 Å². The molecular formula is C17H26ClFN2O. The van der Waals surface area contributed by atoms with Crippen molar-refractivity contribution in [2.75, 3.05) is 19.6 Å². The van der Waals surface area contributed by atoms with Crippen LogP contribution in [-0.2, 0) is 4.79 Å². The van der Waals surface area contributed by atoms with E-state index in [0.717, 1.165) is 38.0 Å². The van der Waals surface area contributed by atoms with Crippen molar-refractivity contribution in [3.63, 3.8) is 0 Å². The zero-order valence-corrected chi connectivity index (χ0v) is 14.2. The topological polar surface area (TPSA) is 32.3 Å².